The van der Waals surface area contributed by atoms with Crippen LogP contribution in [0.1, 0.15) is 32.0 Å². The molecule has 0 spiro atoms. The molecule has 0 radical (unpaired) electrons. The molecule has 19 heavy (non-hydrogen) atoms. The molecular formula is C15H23N3O. The van der Waals surface area contributed by atoms with E-state index in [1.165, 1.54) is 5.56 Å². The molecule has 0 aliphatic rings. The van der Waals surface area contributed by atoms with Gasteiger partial charge in [-0.05, 0) is 39.3 Å². The number of fused-ring (bicyclic) bond motifs is 1. The minimum atomic E-state index is -0.316. The fourth-order valence-electron chi connectivity index (χ4n) is 2.32. The molecule has 0 bridgehead atoms. The van der Waals surface area contributed by atoms with Gasteiger partial charge in [-0.2, -0.15) is 0 Å². The maximum atomic E-state index is 9.59. The van der Waals surface area contributed by atoms with Crippen LogP contribution in [0.4, 0.5) is 0 Å². The Labute approximate surface area is 114 Å². The molecule has 2 aromatic rings. The van der Waals surface area contributed by atoms with Crippen molar-refractivity contribution in [2.24, 2.45) is 0 Å². The lowest BCUT2D eigenvalue weighted by molar-refractivity contribution is 0.102. The van der Waals surface area contributed by atoms with Gasteiger partial charge in [-0.25, -0.2) is 4.98 Å². The van der Waals surface area contributed by atoms with Crippen molar-refractivity contribution in [1.82, 2.24) is 14.3 Å². The van der Waals surface area contributed by atoms with Crippen LogP contribution < -0.4 is 0 Å². The largest absolute Gasteiger partial charge is 0.392 e. The van der Waals surface area contributed by atoms with Crippen LogP contribution in [0.3, 0.4) is 0 Å². The second-order valence-electron chi connectivity index (χ2n) is 5.51. The molecule has 1 atom stereocenters. The van der Waals surface area contributed by atoms with Crippen molar-refractivity contribution in [3.05, 3.63) is 35.8 Å². The Bertz CT molecular complexity index is 545. The molecule has 2 heterocycles. The Morgan fingerprint density at radius 1 is 1.37 bits per heavy atom. The average Bonchev–Trinajstić information content (AvgIpc) is 2.72. The van der Waals surface area contributed by atoms with E-state index in [0.717, 1.165) is 17.9 Å². The number of imidazole rings is 1. The number of aryl methyl sites for hydroxylation is 1. The van der Waals surface area contributed by atoms with Gasteiger partial charge in [-0.15, -0.1) is 0 Å². The zero-order chi connectivity index (χ0) is 14.0. The van der Waals surface area contributed by atoms with Crippen molar-refractivity contribution in [3.63, 3.8) is 0 Å². The molecule has 4 nitrogen and oxygen atoms in total. The van der Waals surface area contributed by atoms with Crippen molar-refractivity contribution in [3.8, 4) is 0 Å². The number of nitrogens with zero attached hydrogens (tertiary/aromatic N) is 3. The van der Waals surface area contributed by atoms with E-state index in [2.05, 4.69) is 41.1 Å². The fourth-order valence-corrected chi connectivity index (χ4v) is 2.32. The molecule has 0 saturated heterocycles. The zero-order valence-electron chi connectivity index (χ0n) is 12.2. The van der Waals surface area contributed by atoms with Crippen LogP contribution in [0.2, 0.25) is 0 Å². The predicted molar refractivity (Wildman–Crippen MR) is 77.2 cm³/mol. The molecule has 1 unspecified atom stereocenters. The van der Waals surface area contributed by atoms with Crippen LogP contribution in [-0.2, 0) is 6.54 Å². The van der Waals surface area contributed by atoms with E-state index in [1.807, 2.05) is 25.4 Å². The number of hydrogen-bond acceptors (Lipinski definition) is 3. The minimum Gasteiger partial charge on any atom is -0.392 e. The number of aliphatic hydroxyl groups is 1. The zero-order valence-corrected chi connectivity index (χ0v) is 12.2. The minimum absolute atomic E-state index is 0.316. The van der Waals surface area contributed by atoms with Crippen molar-refractivity contribution in [1.29, 1.82) is 0 Å². The summed E-state index contributed by atoms with van der Waals surface area (Å²) >= 11 is 0. The first kappa shape index (κ1) is 14.0. The second-order valence-corrected chi connectivity index (χ2v) is 5.51. The molecule has 1 N–H and O–H groups in total. The number of aliphatic hydroxyl groups excluding tert-OH is 1. The summed E-state index contributed by atoms with van der Waals surface area (Å²) in [4.78, 5) is 6.74. The SMILES string of the molecule is Cc1cccn2c(CN(CC(C)O)C(C)C)cnc12. The maximum Gasteiger partial charge on any atom is 0.139 e. The third kappa shape index (κ3) is 3.14. The molecule has 4 heteroatoms. The first-order valence-corrected chi connectivity index (χ1v) is 6.82. The Kier molecular flexibility index (Phi) is 4.22. The summed E-state index contributed by atoms with van der Waals surface area (Å²) in [5.41, 5.74) is 3.35. The maximum absolute atomic E-state index is 9.59. The molecule has 0 aliphatic heterocycles. The molecule has 0 amide bonds. The van der Waals surface area contributed by atoms with E-state index in [4.69, 9.17) is 0 Å². The molecule has 0 aliphatic carbocycles. The molecule has 2 rings (SSSR count). The Morgan fingerprint density at radius 2 is 2.11 bits per heavy atom. The first-order chi connectivity index (χ1) is 8.99. The summed E-state index contributed by atoms with van der Waals surface area (Å²) in [6, 6.07) is 4.51. The standard InChI is InChI=1S/C15H23N3O/c1-11(2)17(9-13(4)19)10-14-8-16-15-12(3)6-5-7-18(14)15/h5-8,11,13,19H,9-10H2,1-4H3. The topological polar surface area (TPSA) is 40.8 Å². The molecule has 0 aromatic carbocycles. The quantitative estimate of drug-likeness (QED) is 0.897. The lowest BCUT2D eigenvalue weighted by atomic mass is 10.2. The summed E-state index contributed by atoms with van der Waals surface area (Å²) in [6.45, 7) is 9.67. The lowest BCUT2D eigenvalue weighted by Crippen LogP contribution is -2.36. The monoisotopic (exact) mass is 261 g/mol. The van der Waals surface area contributed by atoms with Gasteiger partial charge in [0.25, 0.3) is 0 Å². The van der Waals surface area contributed by atoms with Gasteiger partial charge in [0, 0.05) is 25.3 Å². The van der Waals surface area contributed by atoms with Gasteiger partial charge in [0.15, 0.2) is 0 Å². The first-order valence-electron chi connectivity index (χ1n) is 6.82. The third-order valence-corrected chi connectivity index (χ3v) is 3.40. The number of pyridine rings is 1. The van der Waals surface area contributed by atoms with Gasteiger partial charge in [0.2, 0.25) is 0 Å². The van der Waals surface area contributed by atoms with E-state index in [-0.39, 0.29) is 6.10 Å². The lowest BCUT2D eigenvalue weighted by Gasteiger charge is -2.27. The van der Waals surface area contributed by atoms with E-state index >= 15 is 0 Å². The summed E-state index contributed by atoms with van der Waals surface area (Å²) in [5.74, 6) is 0. The Balaban J connectivity index is 2.26. The summed E-state index contributed by atoms with van der Waals surface area (Å²) in [5, 5.41) is 9.59. The van der Waals surface area contributed by atoms with Crippen molar-refractivity contribution in [2.45, 2.75) is 46.4 Å². The van der Waals surface area contributed by atoms with Crippen LogP contribution in [0.5, 0.6) is 0 Å². The normalized spacial score (nSPS) is 13.6. The highest BCUT2D eigenvalue weighted by Crippen LogP contribution is 2.14. The molecule has 0 fully saturated rings. The summed E-state index contributed by atoms with van der Waals surface area (Å²) in [7, 11) is 0. The number of hydrogen-bond donors (Lipinski definition) is 1. The molecule has 104 valence electrons. The van der Waals surface area contributed by atoms with Gasteiger partial charge in [0.1, 0.15) is 5.65 Å². The second kappa shape index (κ2) is 5.72. The Hall–Kier alpha value is -1.39. The van der Waals surface area contributed by atoms with E-state index in [1.54, 1.807) is 0 Å². The van der Waals surface area contributed by atoms with E-state index in [9.17, 15) is 5.11 Å². The Morgan fingerprint density at radius 3 is 2.74 bits per heavy atom. The molecule has 2 aromatic heterocycles. The van der Waals surface area contributed by atoms with Crippen molar-refractivity contribution < 1.29 is 5.11 Å². The summed E-state index contributed by atoms with van der Waals surface area (Å²) < 4.78 is 2.13. The van der Waals surface area contributed by atoms with Gasteiger partial charge in [-0.1, -0.05) is 6.07 Å². The van der Waals surface area contributed by atoms with Crippen molar-refractivity contribution in [2.75, 3.05) is 6.54 Å². The number of rotatable bonds is 5. The van der Waals surface area contributed by atoms with Crippen LogP contribution >= 0.6 is 0 Å². The highest BCUT2D eigenvalue weighted by atomic mass is 16.3. The highest BCUT2D eigenvalue weighted by Gasteiger charge is 2.15. The smallest absolute Gasteiger partial charge is 0.139 e. The van der Waals surface area contributed by atoms with Crippen LogP contribution in [0.25, 0.3) is 5.65 Å². The van der Waals surface area contributed by atoms with Gasteiger partial charge >= 0.3 is 0 Å². The van der Waals surface area contributed by atoms with Gasteiger partial charge < -0.3 is 9.51 Å². The van der Waals surface area contributed by atoms with E-state index < -0.39 is 0 Å². The van der Waals surface area contributed by atoms with Crippen LogP contribution in [0, 0.1) is 6.92 Å². The fraction of sp³-hybridized carbons (Fsp3) is 0.533. The van der Waals surface area contributed by atoms with E-state index in [0.29, 0.717) is 12.6 Å². The molecular weight excluding hydrogens is 238 g/mol. The predicted octanol–water partition coefficient (Wildman–Crippen LogP) is 2.23. The van der Waals surface area contributed by atoms with Crippen LogP contribution in [-0.4, -0.2) is 38.1 Å². The summed E-state index contributed by atoms with van der Waals surface area (Å²) in [6.07, 6.45) is 3.66. The van der Waals surface area contributed by atoms with Gasteiger partial charge in [0.05, 0.1) is 18.0 Å². The number of aromatic nitrogens is 2. The highest BCUT2D eigenvalue weighted by molar-refractivity contribution is 5.48. The average molecular weight is 261 g/mol. The third-order valence-electron chi connectivity index (χ3n) is 3.40. The van der Waals surface area contributed by atoms with Crippen LogP contribution in [0.15, 0.2) is 24.5 Å². The van der Waals surface area contributed by atoms with Gasteiger partial charge in [-0.3, -0.25) is 4.90 Å². The molecule has 0 saturated carbocycles. The van der Waals surface area contributed by atoms with Crippen molar-refractivity contribution >= 4 is 5.65 Å².